The van der Waals surface area contributed by atoms with Crippen LogP contribution in [0.25, 0.3) is 60.9 Å². The topological polar surface area (TPSA) is 14.7 Å². The Kier molecular flexibility index (Phi) is 10.6. The van der Waals surface area contributed by atoms with Gasteiger partial charge in [-0.25, -0.2) is 0 Å². The minimum Gasteiger partial charge on any atom is -0.311 e. The second-order valence-electron chi connectivity index (χ2n) is 20.1. The lowest BCUT2D eigenvalue weighted by molar-refractivity contribution is 1.18. The molecule has 0 fully saturated rings. The molecule has 0 aliphatic carbocycles. The average molecular weight is 981 g/mol. The van der Waals surface area contributed by atoms with Crippen LogP contribution in [0.15, 0.2) is 297 Å². The van der Waals surface area contributed by atoms with Crippen molar-refractivity contribution >= 4 is 96.1 Å². The van der Waals surface area contributed by atoms with Crippen molar-refractivity contribution in [3.05, 3.63) is 297 Å². The summed E-state index contributed by atoms with van der Waals surface area (Å²) < 4.78 is 2.48. The third-order valence-corrected chi connectivity index (χ3v) is 15.7. The fourth-order valence-electron chi connectivity index (χ4n) is 12.3. The van der Waals surface area contributed by atoms with Gasteiger partial charge in [-0.3, -0.25) is 0 Å². The molecule has 0 radical (unpaired) electrons. The maximum Gasteiger partial charge on any atom is 0.252 e. The van der Waals surface area contributed by atoms with Crippen molar-refractivity contribution in [2.75, 3.05) is 14.7 Å². The van der Waals surface area contributed by atoms with Crippen LogP contribution in [0.1, 0.15) is 0 Å². The number of benzene rings is 12. The summed E-state index contributed by atoms with van der Waals surface area (Å²) >= 11 is 0. The Labute approximate surface area is 449 Å². The minimum absolute atomic E-state index is 0.102. The number of anilines is 9. The van der Waals surface area contributed by atoms with Gasteiger partial charge in [0.25, 0.3) is 6.71 Å². The first-order valence-corrected chi connectivity index (χ1v) is 26.5. The summed E-state index contributed by atoms with van der Waals surface area (Å²) in [5.74, 6) is 0. The van der Waals surface area contributed by atoms with E-state index in [2.05, 4.69) is 317 Å². The number of para-hydroxylation sites is 3. The Morgan fingerprint density at radius 1 is 0.286 bits per heavy atom. The van der Waals surface area contributed by atoms with Gasteiger partial charge in [-0.1, -0.05) is 200 Å². The van der Waals surface area contributed by atoms with Crippen LogP contribution in [-0.2, 0) is 0 Å². The molecule has 360 valence electrons. The molecule has 0 atom stereocenters. The predicted octanol–water partition coefficient (Wildman–Crippen LogP) is 17.3. The van der Waals surface area contributed by atoms with Crippen molar-refractivity contribution in [2.24, 2.45) is 0 Å². The summed E-state index contributed by atoms with van der Waals surface area (Å²) in [7, 11) is 0. The smallest absolute Gasteiger partial charge is 0.252 e. The van der Waals surface area contributed by atoms with Crippen molar-refractivity contribution in [3.63, 3.8) is 0 Å². The van der Waals surface area contributed by atoms with Gasteiger partial charge in [0.1, 0.15) is 0 Å². The average Bonchev–Trinajstić information content (AvgIpc) is 4.02. The first-order valence-electron chi connectivity index (χ1n) is 26.5. The summed E-state index contributed by atoms with van der Waals surface area (Å²) in [6, 6.07) is 109. The molecule has 0 spiro atoms. The second kappa shape index (κ2) is 18.4. The highest BCUT2D eigenvalue weighted by atomic mass is 15.2. The van der Waals surface area contributed by atoms with E-state index in [1.54, 1.807) is 0 Å². The Hall–Kier alpha value is -10.1. The molecule has 2 aliphatic heterocycles. The molecule has 2 aliphatic rings. The summed E-state index contributed by atoms with van der Waals surface area (Å²) in [5.41, 5.74) is 24.5. The number of hydrogen-bond donors (Lipinski definition) is 0. The zero-order valence-corrected chi connectivity index (χ0v) is 42.2. The van der Waals surface area contributed by atoms with Crippen LogP contribution in [0.4, 0.5) is 51.2 Å². The van der Waals surface area contributed by atoms with Crippen LogP contribution in [-0.4, -0.2) is 11.3 Å². The molecule has 0 unspecified atom stereocenters. The van der Waals surface area contributed by atoms with Crippen molar-refractivity contribution < 1.29 is 0 Å². The molecule has 0 saturated heterocycles. The first kappa shape index (κ1) is 44.4. The Morgan fingerprint density at radius 2 is 0.766 bits per heavy atom. The minimum atomic E-state index is -0.102. The zero-order chi connectivity index (χ0) is 50.8. The van der Waals surface area contributed by atoms with Gasteiger partial charge in [0.05, 0.1) is 16.7 Å². The highest BCUT2D eigenvalue weighted by Crippen LogP contribution is 2.49. The van der Waals surface area contributed by atoms with Crippen LogP contribution in [0.5, 0.6) is 0 Å². The third-order valence-electron chi connectivity index (χ3n) is 15.7. The molecule has 0 bridgehead atoms. The summed E-state index contributed by atoms with van der Waals surface area (Å²) in [6.07, 6.45) is 0. The van der Waals surface area contributed by atoms with E-state index in [0.717, 1.165) is 51.0 Å². The monoisotopic (exact) mass is 980 g/mol. The highest BCUT2D eigenvalue weighted by molar-refractivity contribution is 7.00. The molecule has 0 saturated carbocycles. The van der Waals surface area contributed by atoms with Gasteiger partial charge in [-0.05, 0) is 147 Å². The standard InChI is InChI=1S/C72H49BN4/c1-6-20-50(21-7-1)53-36-40-58(41-37-53)75-67-34-19-35-68-71(67)73(63-45-44-61(49-69(63)75)74(56-27-12-4-13-28-56)57-29-14-5-15-30-57)64-46-47-66-70(72(64)77(68)59-42-38-54(39-43-59)51-22-8-2-9-23-51)62-32-16-17-33-65(62)76(66)60-31-18-26-55(48-60)52-24-10-3-11-25-52/h1-49H. The molecule has 3 heterocycles. The van der Waals surface area contributed by atoms with Gasteiger partial charge in [0.2, 0.25) is 0 Å². The van der Waals surface area contributed by atoms with E-state index in [9.17, 15) is 0 Å². The predicted molar refractivity (Wildman–Crippen MR) is 326 cm³/mol. The van der Waals surface area contributed by atoms with Crippen LogP contribution >= 0.6 is 0 Å². The van der Waals surface area contributed by atoms with Crippen LogP contribution < -0.4 is 31.1 Å². The Morgan fingerprint density at radius 3 is 1.38 bits per heavy atom. The maximum atomic E-state index is 2.57. The lowest BCUT2D eigenvalue weighted by Crippen LogP contribution is -2.61. The van der Waals surface area contributed by atoms with E-state index in [0.29, 0.717) is 0 Å². The maximum absolute atomic E-state index is 2.57. The van der Waals surface area contributed by atoms with Gasteiger partial charge in [0, 0.05) is 62.0 Å². The molecule has 5 heteroatoms. The van der Waals surface area contributed by atoms with E-state index in [4.69, 9.17) is 0 Å². The highest BCUT2D eigenvalue weighted by Gasteiger charge is 2.44. The van der Waals surface area contributed by atoms with Gasteiger partial charge >= 0.3 is 0 Å². The summed E-state index contributed by atoms with van der Waals surface area (Å²) in [4.78, 5) is 7.47. The Bertz CT molecular complexity index is 4270. The van der Waals surface area contributed by atoms with Crippen molar-refractivity contribution in [2.45, 2.75) is 0 Å². The molecule has 4 nitrogen and oxygen atoms in total. The lowest BCUT2D eigenvalue weighted by Gasteiger charge is -2.44. The molecular formula is C72H49BN4. The molecule has 0 amide bonds. The molecule has 77 heavy (non-hydrogen) atoms. The number of nitrogens with zero attached hydrogens (tertiary/aromatic N) is 4. The zero-order valence-electron chi connectivity index (χ0n) is 42.2. The van der Waals surface area contributed by atoms with Gasteiger partial charge < -0.3 is 19.3 Å². The molecule has 15 rings (SSSR count). The van der Waals surface area contributed by atoms with Crippen LogP contribution in [0.2, 0.25) is 0 Å². The van der Waals surface area contributed by atoms with Crippen molar-refractivity contribution in [3.8, 4) is 39.1 Å². The number of aromatic nitrogens is 1. The van der Waals surface area contributed by atoms with Crippen LogP contribution in [0.3, 0.4) is 0 Å². The quantitative estimate of drug-likeness (QED) is 0.134. The van der Waals surface area contributed by atoms with Crippen molar-refractivity contribution in [1.82, 2.24) is 4.57 Å². The fraction of sp³-hybridized carbons (Fsp3) is 0. The Balaban J connectivity index is 1.00. The van der Waals surface area contributed by atoms with Gasteiger partial charge in [-0.2, -0.15) is 0 Å². The van der Waals surface area contributed by atoms with E-state index >= 15 is 0 Å². The van der Waals surface area contributed by atoms with Crippen LogP contribution in [0, 0.1) is 0 Å². The largest absolute Gasteiger partial charge is 0.311 e. The number of rotatable bonds is 9. The first-order chi connectivity index (χ1) is 38.2. The molecule has 1 aromatic heterocycles. The lowest BCUT2D eigenvalue weighted by atomic mass is 9.33. The summed E-state index contributed by atoms with van der Waals surface area (Å²) in [6.45, 7) is -0.102. The van der Waals surface area contributed by atoms with Crippen molar-refractivity contribution in [1.29, 1.82) is 0 Å². The molecule has 12 aromatic carbocycles. The fourth-order valence-corrected chi connectivity index (χ4v) is 12.3. The third kappa shape index (κ3) is 7.39. The molecular weight excluding hydrogens is 932 g/mol. The van der Waals surface area contributed by atoms with Gasteiger partial charge in [0.15, 0.2) is 0 Å². The normalized spacial score (nSPS) is 12.3. The van der Waals surface area contributed by atoms with E-state index in [1.165, 1.54) is 77.4 Å². The van der Waals surface area contributed by atoms with E-state index < -0.39 is 0 Å². The second-order valence-corrected chi connectivity index (χ2v) is 20.1. The number of fused-ring (bicyclic) bond motifs is 8. The van der Waals surface area contributed by atoms with E-state index in [-0.39, 0.29) is 6.71 Å². The molecule has 0 N–H and O–H groups in total. The van der Waals surface area contributed by atoms with E-state index in [1.807, 2.05) is 0 Å². The number of hydrogen-bond acceptors (Lipinski definition) is 3. The summed E-state index contributed by atoms with van der Waals surface area (Å²) in [5, 5.41) is 2.44. The molecule has 13 aromatic rings. The SMILES string of the molecule is c1ccc(-c2ccc(N3c4cc(N(c5ccccc5)c5ccccc5)ccc4B4c5ccc6c(c5N(c5ccc(-c7ccccc7)cc5)c5cccc3c54)c3ccccc3n6-c3cccc(-c4ccccc4)c3)cc2)cc1. The van der Waals surface area contributed by atoms with Gasteiger partial charge in [-0.15, -0.1) is 0 Å².